The Hall–Kier alpha value is -3.47. The lowest BCUT2D eigenvalue weighted by Crippen LogP contribution is -2.26. The van der Waals surface area contributed by atoms with Crippen LogP contribution in [0.1, 0.15) is 34.5 Å². The highest BCUT2D eigenvalue weighted by atomic mass is 16.6. The number of carbonyl (C=O) groups is 1. The van der Waals surface area contributed by atoms with Gasteiger partial charge in [0.25, 0.3) is 5.91 Å². The highest BCUT2D eigenvalue weighted by Gasteiger charge is 2.16. The second-order valence-electron chi connectivity index (χ2n) is 6.90. The van der Waals surface area contributed by atoms with Gasteiger partial charge in [0.2, 0.25) is 0 Å². The zero-order valence-corrected chi connectivity index (χ0v) is 16.3. The van der Waals surface area contributed by atoms with Gasteiger partial charge in [0.15, 0.2) is 11.5 Å². The zero-order valence-electron chi connectivity index (χ0n) is 16.3. The quantitative estimate of drug-likeness (QED) is 0.673. The fraction of sp³-hybridized carbons (Fsp3) is 0.208. The number of carbonyl (C=O) groups excluding carboxylic acids is 1. The summed E-state index contributed by atoms with van der Waals surface area (Å²) in [6, 6.07) is 22.7. The highest BCUT2D eigenvalue weighted by molar-refractivity contribution is 5.94. The van der Waals surface area contributed by atoms with Crippen LogP contribution in [-0.2, 0) is 6.61 Å². The molecule has 1 N–H and O–H groups in total. The molecule has 1 heterocycles. The summed E-state index contributed by atoms with van der Waals surface area (Å²) in [6.07, 6.45) is 0. The van der Waals surface area contributed by atoms with Crippen molar-refractivity contribution in [1.29, 1.82) is 0 Å². The van der Waals surface area contributed by atoms with Crippen molar-refractivity contribution in [3.63, 3.8) is 0 Å². The molecular formula is C24H23NO4. The van der Waals surface area contributed by atoms with Crippen LogP contribution in [-0.4, -0.2) is 19.1 Å². The van der Waals surface area contributed by atoms with Gasteiger partial charge < -0.3 is 19.5 Å². The first-order valence-corrected chi connectivity index (χ1v) is 9.66. The number of hydrogen-bond acceptors (Lipinski definition) is 4. The molecule has 0 spiro atoms. The van der Waals surface area contributed by atoms with Crippen molar-refractivity contribution in [3.05, 3.63) is 89.5 Å². The molecule has 1 amide bonds. The number of benzene rings is 3. The Labute approximate surface area is 170 Å². The smallest absolute Gasteiger partial charge is 0.251 e. The fourth-order valence-corrected chi connectivity index (χ4v) is 3.16. The maximum Gasteiger partial charge on any atom is 0.251 e. The Bertz CT molecular complexity index is 987. The molecule has 0 aliphatic carbocycles. The van der Waals surface area contributed by atoms with Crippen molar-refractivity contribution in [2.45, 2.75) is 19.6 Å². The molecule has 1 unspecified atom stereocenters. The summed E-state index contributed by atoms with van der Waals surface area (Å²) in [4.78, 5) is 12.7. The van der Waals surface area contributed by atoms with Crippen molar-refractivity contribution in [2.75, 3.05) is 13.2 Å². The minimum atomic E-state index is -0.174. The second kappa shape index (κ2) is 8.69. The number of nitrogens with one attached hydrogen (secondary N) is 1. The Balaban J connectivity index is 1.40. The average Bonchev–Trinajstić information content (AvgIpc) is 2.78. The fourth-order valence-electron chi connectivity index (χ4n) is 3.16. The molecule has 3 aromatic rings. The molecule has 5 nitrogen and oxygen atoms in total. The first kappa shape index (κ1) is 18.9. The lowest BCUT2D eigenvalue weighted by atomic mass is 10.1. The van der Waals surface area contributed by atoms with Gasteiger partial charge in [-0.15, -0.1) is 0 Å². The molecule has 0 radical (unpaired) electrons. The minimum Gasteiger partial charge on any atom is -0.489 e. The van der Waals surface area contributed by atoms with Gasteiger partial charge >= 0.3 is 0 Å². The van der Waals surface area contributed by atoms with E-state index in [4.69, 9.17) is 14.2 Å². The van der Waals surface area contributed by atoms with Crippen molar-refractivity contribution in [2.24, 2.45) is 0 Å². The molecule has 5 heteroatoms. The molecule has 0 saturated heterocycles. The van der Waals surface area contributed by atoms with E-state index < -0.39 is 0 Å². The summed E-state index contributed by atoms with van der Waals surface area (Å²) in [7, 11) is 0. The van der Waals surface area contributed by atoms with Crippen LogP contribution >= 0.6 is 0 Å². The number of amides is 1. The molecule has 4 rings (SSSR count). The summed E-state index contributed by atoms with van der Waals surface area (Å²) in [6.45, 7) is 3.49. The molecule has 1 aliphatic rings. The van der Waals surface area contributed by atoms with Crippen LogP contribution in [0.25, 0.3) is 0 Å². The van der Waals surface area contributed by atoms with Crippen molar-refractivity contribution >= 4 is 5.91 Å². The van der Waals surface area contributed by atoms with E-state index in [1.165, 1.54) is 0 Å². The molecular weight excluding hydrogens is 366 g/mol. The van der Waals surface area contributed by atoms with Gasteiger partial charge in [-0.1, -0.05) is 42.5 Å². The zero-order chi connectivity index (χ0) is 20.1. The van der Waals surface area contributed by atoms with E-state index in [-0.39, 0.29) is 11.9 Å². The van der Waals surface area contributed by atoms with Crippen LogP contribution in [0, 0.1) is 0 Å². The van der Waals surface area contributed by atoms with E-state index in [0.717, 1.165) is 16.9 Å². The molecule has 1 aliphatic heterocycles. The molecule has 0 aromatic heterocycles. The molecule has 1 atom stereocenters. The standard InChI is InChI=1S/C24H23NO4/c1-17(19-10-11-22-23(15-19)28-13-12-27-22)25-24(26)20-8-5-9-21(14-20)29-16-18-6-3-2-4-7-18/h2-11,14-15,17H,12-13,16H2,1H3,(H,25,26). The summed E-state index contributed by atoms with van der Waals surface area (Å²) >= 11 is 0. The monoisotopic (exact) mass is 389 g/mol. The van der Waals surface area contributed by atoms with E-state index in [2.05, 4.69) is 5.32 Å². The normalized spacial score (nSPS) is 13.4. The van der Waals surface area contributed by atoms with Gasteiger partial charge in [-0.25, -0.2) is 0 Å². The van der Waals surface area contributed by atoms with Gasteiger partial charge in [0, 0.05) is 5.56 Å². The van der Waals surface area contributed by atoms with Crippen molar-refractivity contribution in [3.8, 4) is 17.2 Å². The average molecular weight is 389 g/mol. The van der Waals surface area contributed by atoms with Gasteiger partial charge in [0.1, 0.15) is 25.6 Å². The van der Waals surface area contributed by atoms with E-state index in [0.29, 0.717) is 36.9 Å². The van der Waals surface area contributed by atoms with Crippen molar-refractivity contribution < 1.29 is 19.0 Å². The first-order valence-electron chi connectivity index (χ1n) is 9.66. The predicted molar refractivity (Wildman–Crippen MR) is 111 cm³/mol. The third-order valence-electron chi connectivity index (χ3n) is 4.76. The minimum absolute atomic E-state index is 0.155. The van der Waals surface area contributed by atoms with Gasteiger partial charge in [0.05, 0.1) is 6.04 Å². The summed E-state index contributed by atoms with van der Waals surface area (Å²) in [5.74, 6) is 1.96. The molecule has 29 heavy (non-hydrogen) atoms. The van der Waals surface area contributed by atoms with E-state index >= 15 is 0 Å². The predicted octanol–water partition coefficient (Wildman–Crippen LogP) is 4.53. The molecule has 0 saturated carbocycles. The Morgan fingerprint density at radius 3 is 2.59 bits per heavy atom. The maximum absolute atomic E-state index is 12.7. The van der Waals surface area contributed by atoms with Gasteiger partial charge in [-0.3, -0.25) is 4.79 Å². The third-order valence-corrected chi connectivity index (χ3v) is 4.76. The van der Waals surface area contributed by atoms with Crippen molar-refractivity contribution in [1.82, 2.24) is 5.32 Å². The van der Waals surface area contributed by atoms with E-state index in [1.54, 1.807) is 12.1 Å². The number of fused-ring (bicyclic) bond motifs is 1. The largest absolute Gasteiger partial charge is 0.489 e. The van der Waals surface area contributed by atoms with Crippen LogP contribution < -0.4 is 19.5 Å². The summed E-state index contributed by atoms with van der Waals surface area (Å²) in [5.41, 5.74) is 2.59. The molecule has 148 valence electrons. The van der Waals surface area contributed by atoms with Crippen LogP contribution in [0.2, 0.25) is 0 Å². The third kappa shape index (κ3) is 4.69. The molecule has 0 fully saturated rings. The number of hydrogen-bond donors (Lipinski definition) is 1. The lowest BCUT2D eigenvalue weighted by Gasteiger charge is -2.21. The van der Waals surface area contributed by atoms with Crippen LogP contribution in [0.4, 0.5) is 0 Å². The van der Waals surface area contributed by atoms with Gasteiger partial charge in [-0.2, -0.15) is 0 Å². The van der Waals surface area contributed by atoms with Gasteiger partial charge in [-0.05, 0) is 48.4 Å². The summed E-state index contributed by atoms with van der Waals surface area (Å²) in [5, 5.41) is 3.03. The number of ether oxygens (including phenoxy) is 3. The van der Waals surface area contributed by atoms with E-state index in [9.17, 15) is 4.79 Å². The first-order chi connectivity index (χ1) is 14.2. The maximum atomic E-state index is 12.7. The second-order valence-corrected chi connectivity index (χ2v) is 6.90. The van der Waals surface area contributed by atoms with Crippen LogP contribution in [0.5, 0.6) is 17.2 Å². The highest BCUT2D eigenvalue weighted by Crippen LogP contribution is 2.32. The topological polar surface area (TPSA) is 56.8 Å². The Kier molecular flexibility index (Phi) is 5.66. The number of rotatable bonds is 6. The Morgan fingerprint density at radius 1 is 0.966 bits per heavy atom. The Morgan fingerprint density at radius 2 is 1.76 bits per heavy atom. The molecule has 0 bridgehead atoms. The molecule has 3 aromatic carbocycles. The van der Waals surface area contributed by atoms with E-state index in [1.807, 2.05) is 67.6 Å². The summed E-state index contributed by atoms with van der Waals surface area (Å²) < 4.78 is 17.0. The lowest BCUT2D eigenvalue weighted by molar-refractivity contribution is 0.0939. The van der Waals surface area contributed by atoms with Crippen LogP contribution in [0.3, 0.4) is 0 Å². The van der Waals surface area contributed by atoms with Crippen LogP contribution in [0.15, 0.2) is 72.8 Å². The SMILES string of the molecule is CC(NC(=O)c1cccc(OCc2ccccc2)c1)c1ccc2c(c1)OCCO2.